The van der Waals surface area contributed by atoms with Crippen molar-refractivity contribution in [2.24, 2.45) is 0 Å². The quantitative estimate of drug-likeness (QED) is 0.903. The Morgan fingerprint density at radius 2 is 2.00 bits per heavy atom. The summed E-state index contributed by atoms with van der Waals surface area (Å²) in [7, 11) is 2.89. The first-order chi connectivity index (χ1) is 8.94. The van der Waals surface area contributed by atoms with Gasteiger partial charge in [-0.15, -0.1) is 0 Å². The van der Waals surface area contributed by atoms with E-state index in [4.69, 9.17) is 4.74 Å². The summed E-state index contributed by atoms with van der Waals surface area (Å²) in [5.74, 6) is 0.0811. The van der Waals surface area contributed by atoms with Gasteiger partial charge >= 0.3 is 12.2 Å². The van der Waals surface area contributed by atoms with Gasteiger partial charge in [-0.1, -0.05) is 0 Å². The van der Waals surface area contributed by atoms with Gasteiger partial charge in [-0.05, 0) is 6.07 Å². The number of hydrogen-bond acceptors (Lipinski definition) is 6. The number of nitrogens with one attached hydrogen (secondary N) is 1. The van der Waals surface area contributed by atoms with E-state index in [2.05, 4.69) is 25.4 Å². The first-order valence-electron chi connectivity index (χ1n) is 5.05. The molecule has 2 aromatic heterocycles. The van der Waals surface area contributed by atoms with Crippen molar-refractivity contribution in [3.8, 4) is 12.0 Å². The molecule has 2 aromatic rings. The summed E-state index contributed by atoms with van der Waals surface area (Å²) in [6.45, 7) is 0. The van der Waals surface area contributed by atoms with E-state index >= 15 is 0 Å². The van der Waals surface area contributed by atoms with Crippen LogP contribution in [0.5, 0.6) is 6.01 Å². The smallest absolute Gasteiger partial charge is 0.435 e. The average Bonchev–Trinajstić information content (AvgIpc) is 2.87. The number of rotatable bonds is 3. The van der Waals surface area contributed by atoms with Crippen LogP contribution in [0.3, 0.4) is 0 Å². The molecule has 0 aliphatic heterocycles. The molecule has 2 rings (SSSR count). The van der Waals surface area contributed by atoms with Crippen LogP contribution >= 0.6 is 0 Å². The molecule has 0 spiro atoms. The van der Waals surface area contributed by atoms with Crippen LogP contribution in [0.2, 0.25) is 0 Å². The Kier molecular flexibility index (Phi) is 3.23. The molecule has 0 fully saturated rings. The number of methoxy groups -OCH3 is 1. The zero-order chi connectivity index (χ0) is 14.0. The van der Waals surface area contributed by atoms with Gasteiger partial charge in [0.1, 0.15) is 0 Å². The average molecular weight is 274 g/mol. The molecule has 2 heterocycles. The summed E-state index contributed by atoms with van der Waals surface area (Å²) in [5, 5.41) is 6.00. The molecule has 102 valence electrons. The summed E-state index contributed by atoms with van der Waals surface area (Å²) in [6, 6.07) is 0.799. The van der Waals surface area contributed by atoms with Crippen molar-refractivity contribution >= 4 is 5.95 Å². The topological polar surface area (TPSA) is 77.8 Å². The van der Waals surface area contributed by atoms with Crippen molar-refractivity contribution in [2.75, 3.05) is 19.5 Å². The van der Waals surface area contributed by atoms with Gasteiger partial charge in [0.05, 0.1) is 7.11 Å². The zero-order valence-corrected chi connectivity index (χ0v) is 9.93. The maximum absolute atomic E-state index is 12.4. The van der Waals surface area contributed by atoms with Crippen LogP contribution < -0.4 is 10.1 Å². The summed E-state index contributed by atoms with van der Waals surface area (Å²) >= 11 is 0. The molecule has 1 N–H and O–H groups in total. The maximum Gasteiger partial charge on any atom is 0.435 e. The molecular weight excluding hydrogens is 265 g/mol. The van der Waals surface area contributed by atoms with E-state index in [0.717, 1.165) is 16.9 Å². The first kappa shape index (κ1) is 13.1. The minimum atomic E-state index is -4.52. The molecule has 0 bridgehead atoms. The Morgan fingerprint density at radius 1 is 1.26 bits per heavy atom. The van der Waals surface area contributed by atoms with Gasteiger partial charge < -0.3 is 10.1 Å². The summed E-state index contributed by atoms with van der Waals surface area (Å²) < 4.78 is 43.0. The highest BCUT2D eigenvalue weighted by Crippen LogP contribution is 2.27. The van der Waals surface area contributed by atoms with Gasteiger partial charge in [0.25, 0.3) is 5.95 Å². The minimum Gasteiger partial charge on any atom is -0.467 e. The fourth-order valence-corrected chi connectivity index (χ4v) is 1.24. The third-order valence-corrected chi connectivity index (χ3v) is 2.09. The molecule has 0 unspecified atom stereocenters. The second-order valence-electron chi connectivity index (χ2n) is 3.34. The number of anilines is 1. The van der Waals surface area contributed by atoms with E-state index in [-0.39, 0.29) is 17.9 Å². The Hall–Kier alpha value is -2.39. The fraction of sp³-hybridized carbons (Fsp3) is 0.333. The molecule has 0 saturated carbocycles. The third-order valence-electron chi connectivity index (χ3n) is 2.09. The number of alkyl halides is 3. The van der Waals surface area contributed by atoms with Crippen molar-refractivity contribution < 1.29 is 17.9 Å². The van der Waals surface area contributed by atoms with E-state index < -0.39 is 11.9 Å². The van der Waals surface area contributed by atoms with Crippen molar-refractivity contribution in [3.63, 3.8) is 0 Å². The number of hydrogen-bond donors (Lipinski definition) is 1. The van der Waals surface area contributed by atoms with E-state index in [1.807, 2.05) is 0 Å². The summed E-state index contributed by atoms with van der Waals surface area (Å²) in [4.78, 5) is 11.5. The molecule has 0 aliphatic carbocycles. The first-order valence-corrected chi connectivity index (χ1v) is 5.05. The molecule has 0 aromatic carbocycles. The number of halogens is 3. The molecule has 10 heteroatoms. The number of aromatic nitrogens is 5. The monoisotopic (exact) mass is 274 g/mol. The SMILES string of the molecule is CNc1nc(OC)nc(-n2ccc(C(F)(F)F)n2)n1. The molecule has 0 atom stereocenters. The van der Waals surface area contributed by atoms with Crippen LogP contribution in [-0.2, 0) is 6.18 Å². The lowest BCUT2D eigenvalue weighted by atomic mass is 10.4. The van der Waals surface area contributed by atoms with E-state index in [1.165, 1.54) is 7.11 Å². The van der Waals surface area contributed by atoms with Gasteiger partial charge in [0, 0.05) is 13.2 Å². The molecule has 0 radical (unpaired) electrons. The number of nitrogens with zero attached hydrogens (tertiary/aromatic N) is 5. The molecule has 0 amide bonds. The zero-order valence-electron chi connectivity index (χ0n) is 9.93. The standard InChI is InChI=1S/C9H9F3N6O/c1-13-6-14-7(16-8(15-6)19-2)18-4-3-5(17-18)9(10,11)12/h3-4H,1-2H3,(H,13,14,15,16). The van der Waals surface area contributed by atoms with Gasteiger partial charge in [-0.3, -0.25) is 0 Å². The lowest BCUT2D eigenvalue weighted by molar-refractivity contribution is -0.141. The Labute approximate surface area is 105 Å². The van der Waals surface area contributed by atoms with E-state index in [0.29, 0.717) is 0 Å². The predicted octanol–water partition coefficient (Wildman–Crippen LogP) is 1.13. The highest BCUT2D eigenvalue weighted by Gasteiger charge is 2.33. The van der Waals surface area contributed by atoms with Crippen molar-refractivity contribution in [2.45, 2.75) is 6.18 Å². The fourth-order valence-electron chi connectivity index (χ4n) is 1.24. The number of ether oxygens (including phenoxy) is 1. The summed E-state index contributed by atoms with van der Waals surface area (Å²) in [6.07, 6.45) is -3.41. The van der Waals surface area contributed by atoms with Crippen LogP contribution in [-0.4, -0.2) is 38.9 Å². The molecule has 0 saturated heterocycles. The van der Waals surface area contributed by atoms with Crippen LogP contribution in [0, 0.1) is 0 Å². The van der Waals surface area contributed by atoms with Gasteiger partial charge in [0.15, 0.2) is 5.69 Å². The van der Waals surface area contributed by atoms with Crippen molar-refractivity contribution in [3.05, 3.63) is 18.0 Å². The third kappa shape index (κ3) is 2.72. The Bertz CT molecular complexity index is 559. The van der Waals surface area contributed by atoms with Crippen LogP contribution in [0.25, 0.3) is 5.95 Å². The normalized spacial score (nSPS) is 11.4. The lowest BCUT2D eigenvalue weighted by Crippen LogP contribution is -2.11. The molecule has 7 nitrogen and oxygen atoms in total. The lowest BCUT2D eigenvalue weighted by Gasteiger charge is -2.05. The maximum atomic E-state index is 12.4. The predicted molar refractivity (Wildman–Crippen MR) is 58.0 cm³/mol. The molecule has 0 aliphatic rings. The Morgan fingerprint density at radius 3 is 2.53 bits per heavy atom. The highest BCUT2D eigenvalue weighted by atomic mass is 19.4. The second-order valence-corrected chi connectivity index (χ2v) is 3.34. The van der Waals surface area contributed by atoms with Crippen LogP contribution in [0.1, 0.15) is 5.69 Å². The Balaban J connectivity index is 2.43. The molecular formula is C9H9F3N6O. The largest absolute Gasteiger partial charge is 0.467 e. The van der Waals surface area contributed by atoms with Crippen LogP contribution in [0.4, 0.5) is 19.1 Å². The van der Waals surface area contributed by atoms with E-state index in [1.54, 1.807) is 7.05 Å². The van der Waals surface area contributed by atoms with Crippen molar-refractivity contribution in [1.29, 1.82) is 0 Å². The van der Waals surface area contributed by atoms with Gasteiger partial charge in [-0.2, -0.15) is 33.2 Å². The minimum absolute atomic E-state index is 0.0293. The summed E-state index contributed by atoms with van der Waals surface area (Å²) in [5.41, 5.74) is -1.03. The second kappa shape index (κ2) is 4.71. The van der Waals surface area contributed by atoms with Gasteiger partial charge in [0.2, 0.25) is 5.95 Å². The highest BCUT2D eigenvalue weighted by molar-refractivity contribution is 5.29. The van der Waals surface area contributed by atoms with E-state index in [9.17, 15) is 13.2 Å². The van der Waals surface area contributed by atoms with Crippen molar-refractivity contribution in [1.82, 2.24) is 24.7 Å². The van der Waals surface area contributed by atoms with Gasteiger partial charge in [-0.25, -0.2) is 4.68 Å². The molecule has 19 heavy (non-hydrogen) atoms. The van der Waals surface area contributed by atoms with Crippen LogP contribution in [0.15, 0.2) is 12.3 Å².